The molecule has 8 heteroatoms. The Hall–Kier alpha value is -1.96. The third-order valence-electron chi connectivity index (χ3n) is 4.86. The predicted molar refractivity (Wildman–Crippen MR) is 102 cm³/mol. The van der Waals surface area contributed by atoms with Crippen LogP contribution in [0.3, 0.4) is 0 Å². The summed E-state index contributed by atoms with van der Waals surface area (Å²) in [6.07, 6.45) is 0.596. The summed E-state index contributed by atoms with van der Waals surface area (Å²) in [4.78, 5) is 14.7. The van der Waals surface area contributed by atoms with Crippen LogP contribution in [0, 0.1) is 5.82 Å². The summed E-state index contributed by atoms with van der Waals surface area (Å²) in [7, 11) is -0.853. The van der Waals surface area contributed by atoms with E-state index in [1.165, 1.54) is 44.4 Å². The molecule has 1 heterocycles. The SMILES string of the molecule is CC1c2cc(F)ccc2CCN1C(=O)c1cc(S(=O)(=O)N(C)C)ccc1Cl. The minimum Gasteiger partial charge on any atom is -0.331 e. The standard InChI is InChI=1S/C19H20ClFN2O3S/c1-12-16-10-14(21)5-4-13(16)8-9-23(12)19(24)17-11-15(6-7-18(17)20)27(25,26)22(2)3/h4-7,10-12H,8-9H2,1-3H3. The molecule has 1 aliphatic heterocycles. The molecule has 0 saturated heterocycles. The third kappa shape index (κ3) is 3.59. The van der Waals surface area contributed by atoms with Crippen LogP contribution in [0.4, 0.5) is 4.39 Å². The zero-order valence-corrected chi connectivity index (χ0v) is 16.8. The molecule has 0 saturated carbocycles. The molecule has 0 N–H and O–H groups in total. The largest absolute Gasteiger partial charge is 0.331 e. The van der Waals surface area contributed by atoms with Gasteiger partial charge in [0.05, 0.1) is 21.5 Å². The van der Waals surface area contributed by atoms with E-state index < -0.39 is 10.0 Å². The van der Waals surface area contributed by atoms with E-state index in [-0.39, 0.29) is 33.2 Å². The van der Waals surface area contributed by atoms with E-state index in [2.05, 4.69) is 0 Å². The second-order valence-corrected chi connectivity index (χ2v) is 9.26. The number of nitrogens with zero attached hydrogens (tertiary/aromatic N) is 2. The summed E-state index contributed by atoms with van der Waals surface area (Å²) in [5.41, 5.74) is 1.87. The predicted octanol–water partition coefficient (Wildman–Crippen LogP) is 3.49. The lowest BCUT2D eigenvalue weighted by molar-refractivity contribution is 0.0677. The second kappa shape index (κ2) is 7.22. The zero-order valence-electron chi connectivity index (χ0n) is 15.2. The van der Waals surface area contributed by atoms with Gasteiger partial charge >= 0.3 is 0 Å². The van der Waals surface area contributed by atoms with Gasteiger partial charge in [-0.1, -0.05) is 17.7 Å². The fourth-order valence-electron chi connectivity index (χ4n) is 3.26. The molecule has 5 nitrogen and oxygen atoms in total. The van der Waals surface area contributed by atoms with E-state index in [1.54, 1.807) is 11.0 Å². The van der Waals surface area contributed by atoms with Crippen molar-refractivity contribution < 1.29 is 17.6 Å². The second-order valence-electron chi connectivity index (χ2n) is 6.70. The van der Waals surface area contributed by atoms with Crippen molar-refractivity contribution in [2.24, 2.45) is 0 Å². The lowest BCUT2D eigenvalue weighted by Gasteiger charge is -2.35. The first-order chi connectivity index (χ1) is 12.6. The topological polar surface area (TPSA) is 57.7 Å². The van der Waals surface area contributed by atoms with Crippen LogP contribution in [-0.2, 0) is 16.4 Å². The number of hydrogen-bond donors (Lipinski definition) is 0. The molecule has 1 atom stereocenters. The van der Waals surface area contributed by atoms with Crippen LogP contribution in [0.15, 0.2) is 41.3 Å². The van der Waals surface area contributed by atoms with Crippen molar-refractivity contribution in [1.82, 2.24) is 9.21 Å². The highest BCUT2D eigenvalue weighted by atomic mass is 35.5. The minimum atomic E-state index is -3.69. The molecule has 27 heavy (non-hydrogen) atoms. The number of benzene rings is 2. The van der Waals surface area contributed by atoms with Gasteiger partial charge in [0, 0.05) is 20.6 Å². The third-order valence-corrected chi connectivity index (χ3v) is 7.00. The van der Waals surface area contributed by atoms with Crippen LogP contribution in [-0.4, -0.2) is 44.2 Å². The number of carbonyl (C=O) groups excluding carboxylic acids is 1. The molecule has 0 aliphatic carbocycles. The molecule has 2 aromatic carbocycles. The normalized spacial score (nSPS) is 17.1. The Morgan fingerprint density at radius 3 is 2.59 bits per heavy atom. The number of amides is 1. The smallest absolute Gasteiger partial charge is 0.255 e. The number of rotatable bonds is 3. The molecule has 0 aromatic heterocycles. The molecular formula is C19H20ClFN2O3S. The van der Waals surface area contributed by atoms with Gasteiger partial charge in [0.25, 0.3) is 5.91 Å². The van der Waals surface area contributed by atoms with Gasteiger partial charge in [0.15, 0.2) is 0 Å². The molecule has 1 amide bonds. The summed E-state index contributed by atoms with van der Waals surface area (Å²) in [6, 6.07) is 8.33. The molecule has 0 spiro atoms. The summed E-state index contributed by atoms with van der Waals surface area (Å²) >= 11 is 6.20. The van der Waals surface area contributed by atoms with Gasteiger partial charge in [-0.15, -0.1) is 0 Å². The van der Waals surface area contributed by atoms with Crippen LogP contribution < -0.4 is 0 Å². The molecule has 0 bridgehead atoms. The van der Waals surface area contributed by atoms with Gasteiger partial charge in [-0.25, -0.2) is 17.1 Å². The Balaban J connectivity index is 1.99. The van der Waals surface area contributed by atoms with Gasteiger partial charge in [0.2, 0.25) is 10.0 Å². The number of hydrogen-bond acceptors (Lipinski definition) is 3. The highest BCUT2D eigenvalue weighted by molar-refractivity contribution is 7.89. The Bertz CT molecular complexity index is 1010. The van der Waals surface area contributed by atoms with Crippen molar-refractivity contribution >= 4 is 27.5 Å². The van der Waals surface area contributed by atoms with Crippen LogP contribution >= 0.6 is 11.6 Å². The first-order valence-corrected chi connectivity index (χ1v) is 10.3. The van der Waals surface area contributed by atoms with Crippen LogP contribution in [0.5, 0.6) is 0 Å². The average molecular weight is 411 g/mol. The monoisotopic (exact) mass is 410 g/mol. The minimum absolute atomic E-state index is 0.00337. The van der Waals surface area contributed by atoms with E-state index in [1.807, 2.05) is 6.92 Å². The van der Waals surface area contributed by atoms with E-state index in [0.29, 0.717) is 13.0 Å². The Morgan fingerprint density at radius 1 is 1.22 bits per heavy atom. The number of carbonyl (C=O) groups is 1. The Labute approximate surface area is 163 Å². The number of sulfonamides is 1. The van der Waals surface area contributed by atoms with Crippen molar-refractivity contribution in [3.8, 4) is 0 Å². The Kier molecular flexibility index (Phi) is 5.29. The first-order valence-electron chi connectivity index (χ1n) is 8.44. The fraction of sp³-hybridized carbons (Fsp3) is 0.316. The highest BCUT2D eigenvalue weighted by Gasteiger charge is 2.30. The molecule has 0 radical (unpaired) electrons. The number of halogens is 2. The van der Waals surface area contributed by atoms with E-state index >= 15 is 0 Å². The van der Waals surface area contributed by atoms with E-state index in [9.17, 15) is 17.6 Å². The molecule has 2 aromatic rings. The Morgan fingerprint density at radius 2 is 1.93 bits per heavy atom. The first kappa shape index (κ1) is 19.8. The lowest BCUT2D eigenvalue weighted by atomic mass is 9.93. The molecular weight excluding hydrogens is 391 g/mol. The number of fused-ring (bicyclic) bond motifs is 1. The van der Waals surface area contributed by atoms with Crippen LogP contribution in [0.1, 0.15) is 34.5 Å². The molecule has 1 unspecified atom stereocenters. The van der Waals surface area contributed by atoms with Crippen LogP contribution in [0.2, 0.25) is 5.02 Å². The van der Waals surface area contributed by atoms with Crippen molar-refractivity contribution in [2.75, 3.05) is 20.6 Å². The van der Waals surface area contributed by atoms with E-state index in [4.69, 9.17) is 11.6 Å². The summed E-state index contributed by atoms with van der Waals surface area (Å²) in [6.45, 7) is 2.27. The summed E-state index contributed by atoms with van der Waals surface area (Å²) in [5, 5.41) is 0.176. The zero-order chi connectivity index (χ0) is 19.9. The maximum atomic E-state index is 13.6. The maximum Gasteiger partial charge on any atom is 0.255 e. The van der Waals surface area contributed by atoms with Crippen molar-refractivity contribution in [3.05, 3.63) is 63.9 Å². The van der Waals surface area contributed by atoms with Crippen molar-refractivity contribution in [1.29, 1.82) is 0 Å². The quantitative estimate of drug-likeness (QED) is 0.778. The van der Waals surface area contributed by atoms with Gasteiger partial charge in [-0.2, -0.15) is 0 Å². The lowest BCUT2D eigenvalue weighted by Crippen LogP contribution is -2.39. The fourth-order valence-corrected chi connectivity index (χ4v) is 4.38. The molecule has 0 fully saturated rings. The van der Waals surface area contributed by atoms with Crippen molar-refractivity contribution in [3.63, 3.8) is 0 Å². The van der Waals surface area contributed by atoms with Gasteiger partial charge in [-0.05, 0) is 54.8 Å². The van der Waals surface area contributed by atoms with E-state index in [0.717, 1.165) is 15.4 Å². The van der Waals surface area contributed by atoms with Gasteiger partial charge in [-0.3, -0.25) is 4.79 Å². The molecule has 3 rings (SSSR count). The molecule has 1 aliphatic rings. The summed E-state index contributed by atoms with van der Waals surface area (Å²) < 4.78 is 39.5. The maximum absolute atomic E-state index is 13.6. The van der Waals surface area contributed by atoms with Gasteiger partial charge < -0.3 is 4.90 Å². The van der Waals surface area contributed by atoms with Crippen molar-refractivity contribution in [2.45, 2.75) is 24.3 Å². The highest BCUT2D eigenvalue weighted by Crippen LogP contribution is 2.33. The summed E-state index contributed by atoms with van der Waals surface area (Å²) in [5.74, 6) is -0.731. The molecule has 144 valence electrons. The van der Waals surface area contributed by atoms with Gasteiger partial charge in [0.1, 0.15) is 5.82 Å². The van der Waals surface area contributed by atoms with Crippen LogP contribution in [0.25, 0.3) is 0 Å². The average Bonchev–Trinajstić information content (AvgIpc) is 2.62.